The van der Waals surface area contributed by atoms with Gasteiger partial charge in [-0.15, -0.1) is 0 Å². The predicted molar refractivity (Wildman–Crippen MR) is 67.6 cm³/mol. The summed E-state index contributed by atoms with van der Waals surface area (Å²) in [5.74, 6) is -0.0214. The number of azide groups is 2. The van der Waals surface area contributed by atoms with Crippen LogP contribution in [0.3, 0.4) is 0 Å². The molecule has 0 aromatic rings. The number of halogens is 1. The Labute approximate surface area is 107 Å². The summed E-state index contributed by atoms with van der Waals surface area (Å²) in [6.07, 6.45) is 1.26. The molecule has 0 spiro atoms. The van der Waals surface area contributed by atoms with Crippen molar-refractivity contribution >= 4 is 21.8 Å². The summed E-state index contributed by atoms with van der Waals surface area (Å²) in [6, 6.07) is 0. The van der Waals surface area contributed by atoms with Crippen LogP contribution in [0.4, 0.5) is 0 Å². The first-order chi connectivity index (χ1) is 8.26. The van der Waals surface area contributed by atoms with Gasteiger partial charge in [0.1, 0.15) is 0 Å². The summed E-state index contributed by atoms with van der Waals surface area (Å²) < 4.78 is 0. The van der Waals surface area contributed by atoms with E-state index in [0.29, 0.717) is 39.0 Å². The molecule has 0 N–H and O–H groups in total. The van der Waals surface area contributed by atoms with Gasteiger partial charge in [-0.05, 0) is 23.9 Å². The second kappa shape index (κ2) is 11.1. The second-order valence-electron chi connectivity index (χ2n) is 3.13. The molecule has 94 valence electrons. The van der Waals surface area contributed by atoms with Crippen LogP contribution in [-0.2, 0) is 4.79 Å². The van der Waals surface area contributed by atoms with E-state index >= 15 is 0 Å². The van der Waals surface area contributed by atoms with Gasteiger partial charge >= 0.3 is 0 Å². The number of hydrogen-bond acceptors (Lipinski definition) is 3. The topological polar surface area (TPSA) is 118 Å². The van der Waals surface area contributed by atoms with Crippen LogP contribution in [-0.4, -0.2) is 42.3 Å². The molecule has 8 nitrogen and oxygen atoms in total. The molecule has 0 aromatic carbocycles. The van der Waals surface area contributed by atoms with E-state index in [4.69, 9.17) is 11.1 Å². The van der Waals surface area contributed by atoms with Crippen LogP contribution < -0.4 is 0 Å². The van der Waals surface area contributed by atoms with E-state index in [1.54, 1.807) is 4.90 Å². The molecule has 0 saturated carbocycles. The van der Waals surface area contributed by atoms with Crippen LogP contribution in [0.25, 0.3) is 20.9 Å². The molecule has 9 heteroatoms. The van der Waals surface area contributed by atoms with Crippen molar-refractivity contribution in [2.75, 3.05) is 31.5 Å². The Morgan fingerprint density at radius 3 is 1.94 bits per heavy atom. The van der Waals surface area contributed by atoms with Gasteiger partial charge in [-0.2, -0.15) is 0 Å². The van der Waals surface area contributed by atoms with Crippen molar-refractivity contribution in [2.45, 2.75) is 12.8 Å². The lowest BCUT2D eigenvalue weighted by atomic mass is 10.3. The molecule has 1 amide bonds. The SMILES string of the molecule is [N-]=[N+]=NCCCN(CCCN=[N+]=[N-])C(=O)CBr. The van der Waals surface area contributed by atoms with Crippen LogP contribution in [0, 0.1) is 0 Å². The molecule has 0 saturated heterocycles. The third kappa shape index (κ3) is 8.38. The first kappa shape index (κ1) is 15.6. The highest BCUT2D eigenvalue weighted by Gasteiger charge is 2.10. The molecule has 0 radical (unpaired) electrons. The molecule has 0 aliphatic carbocycles. The van der Waals surface area contributed by atoms with E-state index in [9.17, 15) is 4.79 Å². The highest BCUT2D eigenvalue weighted by atomic mass is 79.9. The van der Waals surface area contributed by atoms with E-state index in [1.807, 2.05) is 0 Å². The van der Waals surface area contributed by atoms with E-state index in [1.165, 1.54) is 0 Å². The fourth-order valence-corrected chi connectivity index (χ4v) is 1.55. The number of amides is 1. The summed E-state index contributed by atoms with van der Waals surface area (Å²) >= 11 is 3.11. The number of hydrogen-bond donors (Lipinski definition) is 0. The second-order valence-corrected chi connectivity index (χ2v) is 3.69. The molecule has 0 aliphatic rings. The molecule has 0 aliphatic heterocycles. The third-order valence-electron chi connectivity index (χ3n) is 1.97. The Balaban J connectivity index is 3.99. The summed E-state index contributed by atoms with van der Waals surface area (Å²) in [6.45, 7) is 1.83. The van der Waals surface area contributed by atoms with Gasteiger partial charge < -0.3 is 4.90 Å². The molecule has 0 heterocycles. The molecular weight excluding hydrogens is 290 g/mol. The van der Waals surface area contributed by atoms with Crippen molar-refractivity contribution in [3.05, 3.63) is 20.9 Å². The number of carbonyl (C=O) groups excluding carboxylic acids is 1. The van der Waals surface area contributed by atoms with E-state index in [2.05, 4.69) is 36.0 Å². The number of rotatable bonds is 9. The van der Waals surface area contributed by atoms with Gasteiger partial charge in [-0.25, -0.2) is 0 Å². The fourth-order valence-electron chi connectivity index (χ4n) is 1.20. The number of nitrogens with zero attached hydrogens (tertiary/aromatic N) is 7. The van der Waals surface area contributed by atoms with Crippen molar-refractivity contribution in [2.24, 2.45) is 10.2 Å². The van der Waals surface area contributed by atoms with Gasteiger partial charge in [-0.1, -0.05) is 26.2 Å². The zero-order valence-electron chi connectivity index (χ0n) is 9.37. The first-order valence-electron chi connectivity index (χ1n) is 5.11. The largest absolute Gasteiger partial charge is 0.342 e. The summed E-state index contributed by atoms with van der Waals surface area (Å²) in [7, 11) is 0. The van der Waals surface area contributed by atoms with Crippen LogP contribution in [0.15, 0.2) is 10.2 Å². The van der Waals surface area contributed by atoms with Crippen molar-refractivity contribution in [3.8, 4) is 0 Å². The molecule has 0 atom stereocenters. The van der Waals surface area contributed by atoms with Crippen molar-refractivity contribution in [3.63, 3.8) is 0 Å². The van der Waals surface area contributed by atoms with E-state index in [0.717, 1.165) is 0 Å². The zero-order valence-corrected chi connectivity index (χ0v) is 11.0. The van der Waals surface area contributed by atoms with Gasteiger partial charge in [-0.3, -0.25) is 4.79 Å². The summed E-state index contributed by atoms with van der Waals surface area (Å²) in [4.78, 5) is 18.5. The van der Waals surface area contributed by atoms with Gasteiger partial charge in [0.25, 0.3) is 0 Å². The maximum absolute atomic E-state index is 11.5. The van der Waals surface area contributed by atoms with Crippen LogP contribution in [0.1, 0.15) is 12.8 Å². The smallest absolute Gasteiger partial charge is 0.233 e. The molecule has 17 heavy (non-hydrogen) atoms. The maximum Gasteiger partial charge on any atom is 0.233 e. The molecule has 0 fully saturated rings. The third-order valence-corrected chi connectivity index (χ3v) is 2.45. The Kier molecular flexibility index (Phi) is 10.1. The average molecular weight is 304 g/mol. The van der Waals surface area contributed by atoms with E-state index < -0.39 is 0 Å². The molecular formula is C8H14BrN7O. The van der Waals surface area contributed by atoms with Gasteiger partial charge in [0.15, 0.2) is 0 Å². The lowest BCUT2D eigenvalue weighted by Crippen LogP contribution is -2.34. The average Bonchev–Trinajstić information content (AvgIpc) is 2.36. The van der Waals surface area contributed by atoms with Gasteiger partial charge in [0, 0.05) is 36.0 Å². The highest BCUT2D eigenvalue weighted by molar-refractivity contribution is 9.09. The zero-order chi connectivity index (χ0) is 12.9. The molecule has 0 aromatic heterocycles. The fraction of sp³-hybridized carbons (Fsp3) is 0.875. The lowest BCUT2D eigenvalue weighted by Gasteiger charge is -2.21. The van der Waals surface area contributed by atoms with E-state index in [-0.39, 0.29) is 11.2 Å². The standard InChI is InChI=1S/C8H14BrN7O/c9-7-8(17)16(5-1-3-12-14-10)6-2-4-13-15-11/h1-7H2. The maximum atomic E-state index is 11.5. The minimum atomic E-state index is -0.0214. The van der Waals surface area contributed by atoms with Crippen molar-refractivity contribution in [1.29, 1.82) is 0 Å². The number of carbonyl (C=O) groups is 1. The van der Waals surface area contributed by atoms with Gasteiger partial charge in [0.2, 0.25) is 5.91 Å². The Hall–Kier alpha value is -1.43. The first-order valence-corrected chi connectivity index (χ1v) is 6.23. The van der Waals surface area contributed by atoms with Crippen LogP contribution >= 0.6 is 15.9 Å². The summed E-state index contributed by atoms with van der Waals surface area (Å²) in [5.41, 5.74) is 16.2. The Morgan fingerprint density at radius 1 is 1.12 bits per heavy atom. The van der Waals surface area contributed by atoms with Gasteiger partial charge in [0.05, 0.1) is 5.33 Å². The number of alkyl halides is 1. The Morgan fingerprint density at radius 2 is 1.59 bits per heavy atom. The van der Waals surface area contributed by atoms with Crippen molar-refractivity contribution < 1.29 is 4.79 Å². The minimum Gasteiger partial charge on any atom is -0.342 e. The quantitative estimate of drug-likeness (QED) is 0.210. The summed E-state index contributed by atoms with van der Waals surface area (Å²) in [5, 5.41) is 7.07. The Bertz CT molecular complexity index is 298. The highest BCUT2D eigenvalue weighted by Crippen LogP contribution is 1.99. The minimum absolute atomic E-state index is 0.0214. The predicted octanol–water partition coefficient (Wildman–Crippen LogP) is 2.61. The molecule has 0 bridgehead atoms. The molecule has 0 rings (SSSR count). The molecule has 0 unspecified atom stereocenters. The monoisotopic (exact) mass is 303 g/mol. The van der Waals surface area contributed by atoms with Crippen molar-refractivity contribution in [1.82, 2.24) is 4.90 Å². The lowest BCUT2D eigenvalue weighted by molar-refractivity contribution is -0.128. The normalized spacial score (nSPS) is 9.00. The van der Waals surface area contributed by atoms with Crippen LogP contribution in [0.5, 0.6) is 0 Å². The van der Waals surface area contributed by atoms with Crippen LogP contribution in [0.2, 0.25) is 0 Å².